The lowest BCUT2D eigenvalue weighted by atomic mass is 9.88. The van der Waals surface area contributed by atoms with Crippen LogP contribution in [-0.2, 0) is 0 Å². The summed E-state index contributed by atoms with van der Waals surface area (Å²) in [6.07, 6.45) is 0. The van der Waals surface area contributed by atoms with Gasteiger partial charge < -0.3 is 0 Å². The molecule has 0 N–H and O–H groups in total. The molecule has 0 aliphatic heterocycles. The minimum absolute atomic E-state index is 1.31. The maximum Gasteiger partial charge on any atom is 0.0215 e. The molecule has 0 aliphatic carbocycles. The molecule has 0 amide bonds. The highest BCUT2D eigenvalue weighted by Crippen LogP contribution is 2.41. The van der Waals surface area contributed by atoms with Crippen LogP contribution >= 0.6 is 45.2 Å². The van der Waals surface area contributed by atoms with Crippen LogP contribution < -0.4 is 0 Å². The SMILES string of the molecule is Cc1ccc2cccc(I)c2c1-c1c(C)ccc2cccc(I)c12. The van der Waals surface area contributed by atoms with Gasteiger partial charge in [0.2, 0.25) is 0 Å². The van der Waals surface area contributed by atoms with E-state index < -0.39 is 0 Å². The minimum atomic E-state index is 1.31. The van der Waals surface area contributed by atoms with E-state index in [0.717, 1.165) is 0 Å². The topological polar surface area (TPSA) is 0 Å². The average Bonchev–Trinajstić information content (AvgIpc) is 2.57. The van der Waals surface area contributed by atoms with E-state index in [1.807, 2.05) is 0 Å². The predicted molar refractivity (Wildman–Crippen MR) is 122 cm³/mol. The number of halogens is 2. The van der Waals surface area contributed by atoms with Crippen LogP contribution in [0.5, 0.6) is 0 Å². The molecule has 0 atom stereocenters. The molecule has 2 heteroatoms. The molecule has 0 spiro atoms. The molecule has 0 nitrogen and oxygen atoms in total. The third-order valence-corrected chi connectivity index (χ3v) is 6.45. The van der Waals surface area contributed by atoms with Gasteiger partial charge in [-0.3, -0.25) is 0 Å². The molecule has 0 fully saturated rings. The van der Waals surface area contributed by atoms with Crippen molar-refractivity contribution in [2.45, 2.75) is 13.8 Å². The monoisotopic (exact) mass is 534 g/mol. The average molecular weight is 534 g/mol. The molecule has 4 rings (SSSR count). The molecule has 0 heterocycles. The fourth-order valence-corrected chi connectivity index (χ4v) is 5.10. The second-order valence-electron chi connectivity index (χ2n) is 6.19. The van der Waals surface area contributed by atoms with Gasteiger partial charge in [0.15, 0.2) is 0 Å². The fourth-order valence-electron chi connectivity index (χ4n) is 3.52. The van der Waals surface area contributed by atoms with Crippen molar-refractivity contribution >= 4 is 66.7 Å². The van der Waals surface area contributed by atoms with Crippen molar-refractivity contribution in [3.05, 3.63) is 78.9 Å². The summed E-state index contributed by atoms with van der Waals surface area (Å²) in [6.45, 7) is 4.46. The maximum atomic E-state index is 2.47. The standard InChI is InChI=1S/C22H16I2/c1-13-9-11-15-5-3-7-17(23)21(15)19(13)20-14(2)10-12-16-6-4-8-18(24)22(16)20/h3-12H,1-2H3. The summed E-state index contributed by atoms with van der Waals surface area (Å²) in [5.41, 5.74) is 5.43. The highest BCUT2D eigenvalue weighted by atomic mass is 127. The Morgan fingerprint density at radius 1 is 0.542 bits per heavy atom. The molecule has 0 aromatic heterocycles. The first kappa shape index (κ1) is 16.3. The first-order valence-corrected chi connectivity index (χ1v) is 10.1. The molecular formula is C22H16I2. The van der Waals surface area contributed by atoms with Crippen molar-refractivity contribution < 1.29 is 0 Å². The predicted octanol–water partition coefficient (Wildman–Crippen LogP) is 7.49. The van der Waals surface area contributed by atoms with Gasteiger partial charge in [-0.25, -0.2) is 0 Å². The Labute approximate surface area is 169 Å². The lowest BCUT2D eigenvalue weighted by Gasteiger charge is -2.18. The number of rotatable bonds is 1. The highest BCUT2D eigenvalue weighted by molar-refractivity contribution is 14.1. The Morgan fingerprint density at radius 3 is 1.38 bits per heavy atom. The second-order valence-corrected chi connectivity index (χ2v) is 8.52. The Hall–Kier alpha value is -1.14. The Bertz CT molecular complexity index is 1000. The van der Waals surface area contributed by atoms with Crippen LogP contribution in [0.3, 0.4) is 0 Å². The Morgan fingerprint density at radius 2 is 0.958 bits per heavy atom. The summed E-state index contributed by atoms with van der Waals surface area (Å²) >= 11 is 4.94. The third-order valence-electron chi connectivity index (χ3n) is 4.66. The summed E-state index contributed by atoms with van der Waals surface area (Å²) < 4.78 is 2.62. The van der Waals surface area contributed by atoms with Crippen LogP contribution in [0, 0.1) is 21.0 Å². The van der Waals surface area contributed by atoms with Gasteiger partial charge in [0.05, 0.1) is 0 Å². The zero-order valence-corrected chi connectivity index (χ0v) is 17.8. The normalized spacial score (nSPS) is 11.3. The zero-order chi connectivity index (χ0) is 16.8. The van der Waals surface area contributed by atoms with Gasteiger partial charge >= 0.3 is 0 Å². The molecule has 0 saturated heterocycles. The van der Waals surface area contributed by atoms with E-state index in [4.69, 9.17) is 0 Å². The van der Waals surface area contributed by atoms with Gasteiger partial charge in [-0.05, 0) is 104 Å². The molecule has 0 aliphatic rings. The van der Waals surface area contributed by atoms with E-state index in [2.05, 4.69) is 120 Å². The smallest absolute Gasteiger partial charge is 0.0215 e. The van der Waals surface area contributed by atoms with Crippen molar-refractivity contribution in [2.75, 3.05) is 0 Å². The first-order valence-electron chi connectivity index (χ1n) is 7.94. The molecule has 4 aromatic rings. The van der Waals surface area contributed by atoms with Gasteiger partial charge in [-0.1, -0.05) is 48.5 Å². The number of hydrogen-bond donors (Lipinski definition) is 0. The maximum absolute atomic E-state index is 2.47. The van der Waals surface area contributed by atoms with Crippen LogP contribution in [0.15, 0.2) is 60.7 Å². The summed E-state index contributed by atoms with van der Waals surface area (Å²) in [4.78, 5) is 0. The molecule has 0 unspecified atom stereocenters. The van der Waals surface area contributed by atoms with Gasteiger partial charge in [0.25, 0.3) is 0 Å². The molecular weight excluding hydrogens is 518 g/mol. The molecule has 4 aromatic carbocycles. The number of aryl methyl sites for hydroxylation is 2. The Balaban J connectivity index is 2.27. The zero-order valence-electron chi connectivity index (χ0n) is 13.5. The minimum Gasteiger partial charge on any atom is -0.0606 e. The summed E-state index contributed by atoms with van der Waals surface area (Å²) in [6, 6.07) is 22.1. The van der Waals surface area contributed by atoms with Crippen molar-refractivity contribution in [2.24, 2.45) is 0 Å². The molecule has 24 heavy (non-hydrogen) atoms. The molecule has 0 radical (unpaired) electrons. The summed E-state index contributed by atoms with van der Waals surface area (Å²) in [5, 5.41) is 5.36. The molecule has 118 valence electrons. The van der Waals surface area contributed by atoms with Gasteiger partial charge in [-0.2, -0.15) is 0 Å². The molecule has 0 bridgehead atoms. The summed E-state index contributed by atoms with van der Waals surface area (Å²) in [5.74, 6) is 0. The van der Waals surface area contributed by atoms with Crippen molar-refractivity contribution in [3.63, 3.8) is 0 Å². The van der Waals surface area contributed by atoms with Crippen molar-refractivity contribution in [1.29, 1.82) is 0 Å². The fraction of sp³-hybridized carbons (Fsp3) is 0.0909. The van der Waals surface area contributed by atoms with E-state index in [1.54, 1.807) is 0 Å². The van der Waals surface area contributed by atoms with Crippen LogP contribution in [0.2, 0.25) is 0 Å². The van der Waals surface area contributed by atoms with E-state index in [9.17, 15) is 0 Å². The van der Waals surface area contributed by atoms with Gasteiger partial charge in [-0.15, -0.1) is 0 Å². The lowest BCUT2D eigenvalue weighted by Crippen LogP contribution is -1.94. The quantitative estimate of drug-likeness (QED) is 0.222. The number of fused-ring (bicyclic) bond motifs is 2. The van der Waals surface area contributed by atoms with Gasteiger partial charge in [0.1, 0.15) is 0 Å². The summed E-state index contributed by atoms with van der Waals surface area (Å²) in [7, 11) is 0. The number of hydrogen-bond acceptors (Lipinski definition) is 0. The lowest BCUT2D eigenvalue weighted by molar-refractivity contribution is 1.44. The van der Waals surface area contributed by atoms with E-state index >= 15 is 0 Å². The first-order chi connectivity index (χ1) is 11.6. The van der Waals surface area contributed by atoms with E-state index in [1.165, 1.54) is 50.9 Å². The van der Waals surface area contributed by atoms with Crippen LogP contribution in [0.4, 0.5) is 0 Å². The van der Waals surface area contributed by atoms with Gasteiger partial charge in [0, 0.05) is 17.9 Å². The van der Waals surface area contributed by atoms with Crippen LogP contribution in [0.1, 0.15) is 11.1 Å². The second kappa shape index (κ2) is 6.30. The van der Waals surface area contributed by atoms with E-state index in [-0.39, 0.29) is 0 Å². The van der Waals surface area contributed by atoms with Crippen LogP contribution in [0.25, 0.3) is 32.7 Å². The van der Waals surface area contributed by atoms with Crippen molar-refractivity contribution in [1.82, 2.24) is 0 Å². The van der Waals surface area contributed by atoms with E-state index in [0.29, 0.717) is 0 Å². The number of benzene rings is 4. The highest BCUT2D eigenvalue weighted by Gasteiger charge is 2.16. The van der Waals surface area contributed by atoms with Crippen molar-refractivity contribution in [3.8, 4) is 11.1 Å². The third kappa shape index (κ3) is 2.54. The Kier molecular flexibility index (Phi) is 4.29. The largest absolute Gasteiger partial charge is 0.0606 e. The van der Waals surface area contributed by atoms with Crippen LogP contribution in [-0.4, -0.2) is 0 Å². The molecule has 0 saturated carbocycles.